The summed E-state index contributed by atoms with van der Waals surface area (Å²) < 4.78 is 0. The molecule has 29 heavy (non-hydrogen) atoms. The number of aromatic hydroxyl groups is 1. The van der Waals surface area contributed by atoms with Gasteiger partial charge in [-0.1, -0.05) is 76.5 Å². The molecule has 0 saturated heterocycles. The van der Waals surface area contributed by atoms with E-state index < -0.39 is 0 Å². The maximum Gasteiger partial charge on any atom is 0.122 e. The van der Waals surface area contributed by atoms with Crippen molar-refractivity contribution in [1.82, 2.24) is 0 Å². The second-order valence-corrected chi connectivity index (χ2v) is 9.78. The van der Waals surface area contributed by atoms with Gasteiger partial charge in [0.25, 0.3) is 0 Å². The van der Waals surface area contributed by atoms with E-state index in [0.717, 1.165) is 28.8 Å². The van der Waals surface area contributed by atoms with Crippen LogP contribution in [-0.2, 0) is 5.16 Å². The van der Waals surface area contributed by atoms with Crippen molar-refractivity contribution < 1.29 is 5.11 Å². The van der Waals surface area contributed by atoms with Crippen LogP contribution in [-0.4, -0.2) is 11.3 Å². The first kappa shape index (κ1) is 21.3. The summed E-state index contributed by atoms with van der Waals surface area (Å²) in [7, 11) is 0.529. The molecule has 0 spiro atoms. The number of rotatable bonds is 6. The fraction of sp³-hybridized carbons (Fsp3) is 0.269. The van der Waals surface area contributed by atoms with Gasteiger partial charge >= 0.3 is 0 Å². The van der Waals surface area contributed by atoms with Gasteiger partial charge < -0.3 is 5.11 Å². The molecule has 0 amide bonds. The van der Waals surface area contributed by atoms with Crippen LogP contribution in [0, 0.1) is 20.8 Å². The summed E-state index contributed by atoms with van der Waals surface area (Å²) in [5.41, 5.74) is 6.55. The van der Waals surface area contributed by atoms with E-state index in [0.29, 0.717) is 14.3 Å². The lowest BCUT2D eigenvalue weighted by atomic mass is 9.93. The number of aliphatic imine (C=N–C) groups is 1. The third kappa shape index (κ3) is 4.77. The Morgan fingerprint density at radius 1 is 0.966 bits per heavy atom. The molecule has 0 saturated carbocycles. The third-order valence-corrected chi connectivity index (χ3v) is 7.67. The van der Waals surface area contributed by atoms with Crippen LogP contribution in [0.3, 0.4) is 0 Å². The van der Waals surface area contributed by atoms with Crippen LogP contribution < -0.4 is 5.30 Å². The Kier molecular flexibility index (Phi) is 6.55. The van der Waals surface area contributed by atoms with Gasteiger partial charge in [-0.15, -0.1) is 0 Å². The molecule has 2 atom stereocenters. The Hall–Kier alpha value is -2.44. The molecule has 0 aromatic heterocycles. The van der Waals surface area contributed by atoms with Gasteiger partial charge in [-0.05, 0) is 55.8 Å². The van der Waals surface area contributed by atoms with Crippen molar-refractivity contribution in [2.24, 2.45) is 4.99 Å². The van der Waals surface area contributed by atoms with Crippen LogP contribution in [0.15, 0.2) is 65.7 Å². The second-order valence-electron chi connectivity index (χ2n) is 7.92. The number of para-hydroxylation sites is 1. The predicted octanol–water partition coefficient (Wildman–Crippen LogP) is 6.70. The average molecular weight is 404 g/mol. The molecule has 150 valence electrons. The molecule has 3 rings (SSSR count). The minimum atomic E-state index is -0.137. The van der Waals surface area contributed by atoms with E-state index in [9.17, 15) is 5.11 Å². The molecule has 0 aliphatic carbocycles. The van der Waals surface area contributed by atoms with Gasteiger partial charge in [-0.25, -0.2) is 0 Å². The predicted molar refractivity (Wildman–Crippen MR) is 128 cm³/mol. The highest BCUT2D eigenvalue weighted by molar-refractivity contribution is 7.49. The molecule has 0 aliphatic heterocycles. The largest absolute Gasteiger partial charge is 0.507 e. The van der Waals surface area contributed by atoms with Crippen molar-refractivity contribution >= 4 is 25.8 Å². The number of phenolic OH excluding ortho intramolecular Hbond substituents is 1. The summed E-state index contributed by atoms with van der Waals surface area (Å²) in [5, 5.41) is 12.0. The van der Waals surface area contributed by atoms with E-state index in [1.54, 1.807) is 0 Å². The molecule has 3 aromatic rings. The van der Waals surface area contributed by atoms with Crippen LogP contribution in [0.5, 0.6) is 5.75 Å². The van der Waals surface area contributed by atoms with E-state index in [2.05, 4.69) is 57.0 Å². The SMILES string of the molecule is CCC(C)(Pc1c(C)cccc1C=Nc1ccccc1)c1cc(C)cc(C)c1O. The molecule has 3 heteroatoms. The first-order chi connectivity index (χ1) is 13.8. The van der Waals surface area contributed by atoms with Gasteiger partial charge in [0.1, 0.15) is 5.75 Å². The number of hydrogen-bond donors (Lipinski definition) is 1. The van der Waals surface area contributed by atoms with E-state index >= 15 is 0 Å². The Morgan fingerprint density at radius 3 is 2.38 bits per heavy atom. The summed E-state index contributed by atoms with van der Waals surface area (Å²) in [6, 6.07) is 20.6. The Morgan fingerprint density at radius 2 is 1.69 bits per heavy atom. The zero-order valence-electron chi connectivity index (χ0n) is 18.0. The maximum atomic E-state index is 10.8. The quantitative estimate of drug-likeness (QED) is 0.361. The van der Waals surface area contributed by atoms with Crippen molar-refractivity contribution in [3.63, 3.8) is 0 Å². The third-order valence-electron chi connectivity index (χ3n) is 5.56. The molecular formula is C26H30NOP. The zero-order chi connectivity index (χ0) is 21.0. The topological polar surface area (TPSA) is 32.6 Å². The Balaban J connectivity index is 2.03. The van der Waals surface area contributed by atoms with Crippen molar-refractivity contribution in [2.75, 3.05) is 0 Å². The minimum Gasteiger partial charge on any atom is -0.507 e. The number of nitrogens with zero attached hydrogens (tertiary/aromatic N) is 1. The smallest absolute Gasteiger partial charge is 0.122 e. The lowest BCUT2D eigenvalue weighted by molar-refractivity contribution is 0.452. The summed E-state index contributed by atoms with van der Waals surface area (Å²) in [5.74, 6) is 0.431. The normalized spacial score (nSPS) is 14.0. The van der Waals surface area contributed by atoms with Gasteiger partial charge in [0.15, 0.2) is 0 Å². The van der Waals surface area contributed by atoms with Gasteiger partial charge in [0.2, 0.25) is 0 Å². The first-order valence-electron chi connectivity index (χ1n) is 10.1. The molecule has 3 aromatic carbocycles. The van der Waals surface area contributed by atoms with Crippen molar-refractivity contribution in [3.8, 4) is 5.75 Å². The highest BCUT2D eigenvalue weighted by Gasteiger charge is 2.30. The van der Waals surface area contributed by atoms with Crippen molar-refractivity contribution in [2.45, 2.75) is 46.2 Å². The summed E-state index contributed by atoms with van der Waals surface area (Å²) >= 11 is 0. The standard InChI is InChI=1S/C26H30NOP/c1-6-26(5,23-16-18(2)15-20(4)24(23)28)29-25-19(3)11-10-12-21(25)17-27-22-13-8-7-9-14-22/h7-17,28-29H,6H2,1-5H3. The zero-order valence-corrected chi connectivity index (χ0v) is 19.0. The fourth-order valence-electron chi connectivity index (χ4n) is 3.63. The monoisotopic (exact) mass is 403 g/mol. The van der Waals surface area contributed by atoms with Gasteiger partial charge in [-0.2, -0.15) is 0 Å². The maximum absolute atomic E-state index is 10.8. The van der Waals surface area contributed by atoms with E-state index in [1.165, 1.54) is 16.4 Å². The van der Waals surface area contributed by atoms with Crippen LogP contribution in [0.1, 0.15) is 48.1 Å². The van der Waals surface area contributed by atoms with Crippen molar-refractivity contribution in [1.29, 1.82) is 0 Å². The number of phenols is 1. The van der Waals surface area contributed by atoms with Gasteiger partial charge in [0, 0.05) is 22.5 Å². The molecule has 0 radical (unpaired) electrons. The highest BCUT2D eigenvalue weighted by Crippen LogP contribution is 2.48. The molecule has 0 heterocycles. The minimum absolute atomic E-state index is 0.137. The van der Waals surface area contributed by atoms with Gasteiger partial charge in [-0.3, -0.25) is 4.99 Å². The fourth-order valence-corrected chi connectivity index (χ4v) is 5.26. The molecular weight excluding hydrogens is 373 g/mol. The van der Waals surface area contributed by atoms with Crippen LogP contribution in [0.2, 0.25) is 0 Å². The van der Waals surface area contributed by atoms with Crippen LogP contribution in [0.4, 0.5) is 5.69 Å². The molecule has 1 N–H and O–H groups in total. The van der Waals surface area contributed by atoms with E-state index in [1.807, 2.05) is 49.5 Å². The summed E-state index contributed by atoms with van der Waals surface area (Å²) in [6.45, 7) is 10.7. The lowest BCUT2D eigenvalue weighted by Gasteiger charge is -2.32. The molecule has 0 aliphatic rings. The second kappa shape index (κ2) is 8.93. The summed E-state index contributed by atoms with van der Waals surface area (Å²) in [6.07, 6.45) is 2.92. The van der Waals surface area contributed by atoms with Crippen LogP contribution in [0.25, 0.3) is 0 Å². The van der Waals surface area contributed by atoms with Crippen LogP contribution >= 0.6 is 8.58 Å². The van der Waals surface area contributed by atoms with Crippen molar-refractivity contribution in [3.05, 3.63) is 88.5 Å². The first-order valence-corrected chi connectivity index (χ1v) is 11.1. The molecule has 2 unspecified atom stereocenters. The van der Waals surface area contributed by atoms with E-state index in [-0.39, 0.29) is 5.16 Å². The Bertz CT molecular complexity index is 1030. The highest BCUT2D eigenvalue weighted by atomic mass is 31.1. The Labute approximate surface area is 176 Å². The summed E-state index contributed by atoms with van der Waals surface area (Å²) in [4.78, 5) is 4.68. The van der Waals surface area contributed by atoms with E-state index in [4.69, 9.17) is 0 Å². The molecule has 0 bridgehead atoms. The number of benzene rings is 3. The molecule has 2 nitrogen and oxygen atoms in total. The average Bonchev–Trinajstić information content (AvgIpc) is 2.71. The van der Waals surface area contributed by atoms with Gasteiger partial charge in [0.05, 0.1) is 5.69 Å². The molecule has 0 fully saturated rings. The number of aryl methyl sites for hydroxylation is 3. The lowest BCUT2D eigenvalue weighted by Crippen LogP contribution is -2.22. The number of hydrogen-bond acceptors (Lipinski definition) is 2.